The lowest BCUT2D eigenvalue weighted by Gasteiger charge is -2.25. The minimum atomic E-state index is 0.290. The van der Waals surface area contributed by atoms with E-state index in [4.69, 9.17) is 0 Å². The summed E-state index contributed by atoms with van der Waals surface area (Å²) in [5.74, 6) is 1.65. The highest BCUT2D eigenvalue weighted by Gasteiger charge is 2.20. The van der Waals surface area contributed by atoms with E-state index in [2.05, 4.69) is 26.0 Å². The zero-order valence-corrected chi connectivity index (χ0v) is 17.5. The lowest BCUT2D eigenvalue weighted by Crippen LogP contribution is -2.12. The Morgan fingerprint density at radius 2 is 1.08 bits per heavy atom. The third-order valence-electron chi connectivity index (χ3n) is 6.55. The molecule has 0 spiro atoms. The smallest absolute Gasteiger partial charge is 0.178 e. The van der Waals surface area contributed by atoms with Crippen molar-refractivity contribution in [1.29, 1.82) is 0 Å². The van der Waals surface area contributed by atoms with Gasteiger partial charge in [-0.3, -0.25) is 4.79 Å². The highest BCUT2D eigenvalue weighted by molar-refractivity contribution is 6.00. The maximum Gasteiger partial charge on any atom is 0.178 e. The van der Waals surface area contributed by atoms with Crippen LogP contribution in [0.5, 0.6) is 0 Å². The molecule has 0 unspecified atom stereocenters. The maximum absolute atomic E-state index is 12.9. The van der Waals surface area contributed by atoms with Crippen molar-refractivity contribution in [2.24, 2.45) is 11.8 Å². The van der Waals surface area contributed by atoms with Crippen LogP contribution in [0.2, 0.25) is 0 Å². The van der Waals surface area contributed by atoms with Gasteiger partial charge in [0, 0.05) is 0 Å². The Hall–Kier alpha value is -0.850. The van der Waals surface area contributed by atoms with Gasteiger partial charge in [-0.2, -0.15) is 0 Å². The van der Waals surface area contributed by atoms with Crippen LogP contribution in [-0.4, -0.2) is 5.78 Å². The van der Waals surface area contributed by atoms with Gasteiger partial charge >= 0.3 is 0 Å². The van der Waals surface area contributed by atoms with Crippen molar-refractivity contribution in [2.45, 2.75) is 117 Å². The second kappa shape index (κ2) is 12.5. The summed E-state index contributed by atoms with van der Waals surface area (Å²) in [5.41, 5.74) is 2.93. The van der Waals surface area contributed by atoms with E-state index in [0.717, 1.165) is 12.8 Å². The molecule has 0 aromatic carbocycles. The van der Waals surface area contributed by atoms with Crippen LogP contribution in [0, 0.1) is 11.8 Å². The summed E-state index contributed by atoms with van der Waals surface area (Å²) in [7, 11) is 0. The summed E-state index contributed by atoms with van der Waals surface area (Å²) in [4.78, 5) is 12.9. The van der Waals surface area contributed by atoms with Crippen molar-refractivity contribution in [3.8, 4) is 0 Å². The monoisotopic (exact) mass is 358 g/mol. The summed E-state index contributed by atoms with van der Waals surface area (Å²) in [6.45, 7) is 4.51. The van der Waals surface area contributed by atoms with Crippen molar-refractivity contribution in [2.75, 3.05) is 0 Å². The van der Waals surface area contributed by atoms with E-state index in [1.807, 2.05) is 0 Å². The first-order valence-electron chi connectivity index (χ1n) is 11.7. The van der Waals surface area contributed by atoms with E-state index in [-0.39, 0.29) is 0 Å². The first-order valence-corrected chi connectivity index (χ1v) is 11.7. The van der Waals surface area contributed by atoms with Crippen LogP contribution in [0.3, 0.4) is 0 Å². The molecule has 2 fully saturated rings. The number of ketones is 1. The molecule has 2 saturated carbocycles. The summed E-state index contributed by atoms with van der Waals surface area (Å²) >= 11 is 0. The Kier molecular flexibility index (Phi) is 10.3. The van der Waals surface area contributed by atoms with Crippen molar-refractivity contribution in [3.63, 3.8) is 0 Å². The van der Waals surface area contributed by atoms with Gasteiger partial charge < -0.3 is 0 Å². The van der Waals surface area contributed by atoms with E-state index in [9.17, 15) is 4.79 Å². The Bertz CT molecular complexity index is 417. The van der Waals surface area contributed by atoms with Gasteiger partial charge in [-0.05, 0) is 75.4 Å². The Morgan fingerprint density at radius 3 is 1.42 bits per heavy atom. The van der Waals surface area contributed by atoms with Gasteiger partial charge in [0.05, 0.1) is 0 Å². The number of carbonyl (C=O) groups excluding carboxylic acids is 1. The van der Waals surface area contributed by atoms with Gasteiger partial charge in [-0.15, -0.1) is 0 Å². The zero-order valence-electron chi connectivity index (χ0n) is 17.5. The normalized spacial score (nSPS) is 21.2. The van der Waals surface area contributed by atoms with Crippen LogP contribution >= 0.6 is 0 Å². The highest BCUT2D eigenvalue weighted by atomic mass is 16.1. The predicted octanol–water partition coefficient (Wildman–Crippen LogP) is 7.95. The van der Waals surface area contributed by atoms with Gasteiger partial charge in [-0.1, -0.05) is 76.4 Å². The van der Waals surface area contributed by atoms with Crippen molar-refractivity contribution in [3.05, 3.63) is 23.3 Å². The summed E-state index contributed by atoms with van der Waals surface area (Å²) in [5, 5.41) is 0. The highest BCUT2D eigenvalue weighted by Crippen LogP contribution is 2.34. The Balaban J connectivity index is 2.10. The fourth-order valence-corrected chi connectivity index (χ4v) is 4.90. The molecule has 2 aliphatic rings. The topological polar surface area (TPSA) is 17.1 Å². The van der Waals surface area contributed by atoms with Gasteiger partial charge in [0.1, 0.15) is 0 Å². The van der Waals surface area contributed by atoms with E-state index >= 15 is 0 Å². The number of unbranched alkanes of at least 4 members (excludes halogenated alkanes) is 2. The Morgan fingerprint density at radius 1 is 0.692 bits per heavy atom. The van der Waals surface area contributed by atoms with Crippen LogP contribution in [0.25, 0.3) is 0 Å². The molecule has 0 aromatic heterocycles. The number of hydrogen-bond acceptors (Lipinski definition) is 1. The molecule has 2 aliphatic carbocycles. The van der Waals surface area contributed by atoms with Crippen molar-refractivity contribution < 1.29 is 4.79 Å². The number of allylic oxidation sites excluding steroid dienone is 4. The van der Waals surface area contributed by atoms with E-state index < -0.39 is 0 Å². The average molecular weight is 359 g/mol. The lowest BCUT2D eigenvalue weighted by molar-refractivity contribution is -0.110. The number of rotatable bonds is 10. The van der Waals surface area contributed by atoms with Crippen LogP contribution < -0.4 is 0 Å². The fourth-order valence-electron chi connectivity index (χ4n) is 4.90. The van der Waals surface area contributed by atoms with Gasteiger partial charge in [0.2, 0.25) is 0 Å². The molecular weight excluding hydrogens is 316 g/mol. The first kappa shape index (κ1) is 21.5. The third-order valence-corrected chi connectivity index (χ3v) is 6.55. The summed E-state index contributed by atoms with van der Waals surface area (Å²) < 4.78 is 0. The molecular formula is C25H42O. The zero-order chi connectivity index (χ0) is 18.6. The molecule has 0 amide bonds. The molecule has 0 heterocycles. The molecule has 1 heteroatoms. The fraction of sp³-hybridized carbons (Fsp3) is 0.800. The average Bonchev–Trinajstić information content (AvgIpc) is 2.69. The maximum atomic E-state index is 12.9. The second-order valence-electron chi connectivity index (χ2n) is 8.72. The molecule has 0 aliphatic heterocycles. The quantitative estimate of drug-likeness (QED) is 0.362. The number of hydrogen-bond donors (Lipinski definition) is 0. The largest absolute Gasteiger partial charge is 0.290 e. The minimum Gasteiger partial charge on any atom is -0.290 e. The third kappa shape index (κ3) is 7.41. The SMILES string of the molecule is CCCCC(=CC(=O)C=C(CCCC)C1CCCCC1)C1CCCCC1. The lowest BCUT2D eigenvalue weighted by atomic mass is 9.80. The molecule has 0 saturated heterocycles. The van der Waals surface area contributed by atoms with Crippen LogP contribution in [0.15, 0.2) is 23.3 Å². The molecule has 0 bridgehead atoms. The van der Waals surface area contributed by atoms with Gasteiger partial charge in [0.15, 0.2) is 5.78 Å². The van der Waals surface area contributed by atoms with Crippen LogP contribution in [-0.2, 0) is 4.79 Å². The van der Waals surface area contributed by atoms with Gasteiger partial charge in [0.25, 0.3) is 0 Å². The van der Waals surface area contributed by atoms with Crippen LogP contribution in [0.4, 0.5) is 0 Å². The standard InChI is InChI=1S/C25H42O/c1-3-5-13-23(21-15-9-7-10-16-21)19-25(26)20-24(14-6-4-2)22-17-11-8-12-18-22/h19-22H,3-18H2,1-2H3. The molecule has 26 heavy (non-hydrogen) atoms. The van der Waals surface area contributed by atoms with Gasteiger partial charge in [-0.25, -0.2) is 0 Å². The number of carbonyl (C=O) groups is 1. The van der Waals surface area contributed by atoms with E-state index in [1.165, 1.54) is 101 Å². The Labute approximate surface area is 162 Å². The molecule has 2 rings (SSSR count). The second-order valence-corrected chi connectivity index (χ2v) is 8.72. The van der Waals surface area contributed by atoms with E-state index in [1.54, 1.807) is 0 Å². The molecule has 1 nitrogen and oxygen atoms in total. The van der Waals surface area contributed by atoms with Crippen molar-refractivity contribution in [1.82, 2.24) is 0 Å². The van der Waals surface area contributed by atoms with E-state index in [0.29, 0.717) is 17.6 Å². The minimum absolute atomic E-state index is 0.290. The molecule has 0 N–H and O–H groups in total. The van der Waals surface area contributed by atoms with Crippen molar-refractivity contribution >= 4 is 5.78 Å². The summed E-state index contributed by atoms with van der Waals surface area (Å²) in [6.07, 6.45) is 24.6. The molecule has 0 aromatic rings. The predicted molar refractivity (Wildman–Crippen MR) is 113 cm³/mol. The molecule has 148 valence electrons. The molecule has 0 radical (unpaired) electrons. The van der Waals surface area contributed by atoms with Crippen LogP contribution in [0.1, 0.15) is 117 Å². The molecule has 0 atom stereocenters. The first-order chi connectivity index (χ1) is 12.7. The summed E-state index contributed by atoms with van der Waals surface area (Å²) in [6, 6.07) is 0.